The molecule has 0 N–H and O–H groups in total. The molecule has 0 spiro atoms. The number of furan rings is 1. The lowest BCUT2D eigenvalue weighted by Crippen LogP contribution is -2.22. The average Bonchev–Trinajstić information content (AvgIpc) is 3.51. The molecule has 0 amide bonds. The van der Waals surface area contributed by atoms with Gasteiger partial charge < -0.3 is 14.1 Å². The molecule has 1 fully saturated rings. The molecule has 4 aromatic rings. The predicted molar refractivity (Wildman–Crippen MR) is 107 cm³/mol. The van der Waals surface area contributed by atoms with Crippen LogP contribution in [0.4, 0.5) is 10.2 Å². The zero-order valence-electron chi connectivity index (χ0n) is 16.0. The van der Waals surface area contributed by atoms with Crippen molar-refractivity contribution in [1.82, 2.24) is 9.97 Å². The van der Waals surface area contributed by atoms with Crippen LogP contribution in [-0.4, -0.2) is 36.1 Å². The minimum atomic E-state index is -0.419. The number of aromatic nitrogens is 2. The largest absolute Gasteiger partial charge is 0.465 e. The SMILES string of the molecule is COC(=O)c1ccc2nc(-c3coc4cc(F)ccc34)c(N(C)C3CC3)nc2c1. The highest BCUT2D eigenvalue weighted by Gasteiger charge is 2.30. The van der Waals surface area contributed by atoms with E-state index < -0.39 is 5.97 Å². The molecule has 2 aromatic heterocycles. The number of ether oxygens (including phenoxy) is 1. The highest BCUT2D eigenvalue weighted by molar-refractivity contribution is 5.98. The Morgan fingerprint density at radius 2 is 2.00 bits per heavy atom. The van der Waals surface area contributed by atoms with Crippen molar-refractivity contribution in [2.45, 2.75) is 18.9 Å². The topological polar surface area (TPSA) is 68.5 Å². The summed E-state index contributed by atoms with van der Waals surface area (Å²) < 4.78 is 24.0. The number of methoxy groups -OCH3 is 1. The number of carbonyl (C=O) groups is 1. The van der Waals surface area contributed by atoms with Crippen molar-refractivity contribution in [1.29, 1.82) is 0 Å². The molecule has 0 unspecified atom stereocenters. The van der Waals surface area contributed by atoms with E-state index in [0.29, 0.717) is 39.7 Å². The maximum absolute atomic E-state index is 13.6. The summed E-state index contributed by atoms with van der Waals surface area (Å²) >= 11 is 0. The third-order valence-electron chi connectivity index (χ3n) is 5.29. The fourth-order valence-corrected chi connectivity index (χ4v) is 3.54. The number of anilines is 1. The Labute approximate surface area is 165 Å². The molecule has 5 rings (SSSR count). The number of halogens is 1. The van der Waals surface area contributed by atoms with E-state index in [1.165, 1.54) is 19.2 Å². The van der Waals surface area contributed by atoms with Gasteiger partial charge in [0.15, 0.2) is 5.82 Å². The van der Waals surface area contributed by atoms with Gasteiger partial charge in [0.25, 0.3) is 0 Å². The summed E-state index contributed by atoms with van der Waals surface area (Å²) in [5, 5.41) is 0.775. The summed E-state index contributed by atoms with van der Waals surface area (Å²) in [4.78, 5) is 23.7. The second-order valence-electron chi connectivity index (χ2n) is 7.22. The second-order valence-corrected chi connectivity index (χ2v) is 7.22. The van der Waals surface area contributed by atoms with Crippen LogP contribution in [0.3, 0.4) is 0 Å². The van der Waals surface area contributed by atoms with Gasteiger partial charge in [-0.2, -0.15) is 0 Å². The Morgan fingerprint density at radius 3 is 2.76 bits per heavy atom. The first kappa shape index (κ1) is 17.6. The van der Waals surface area contributed by atoms with E-state index in [2.05, 4.69) is 4.90 Å². The van der Waals surface area contributed by atoms with Crippen LogP contribution in [0.15, 0.2) is 47.1 Å². The monoisotopic (exact) mass is 391 g/mol. The number of fused-ring (bicyclic) bond motifs is 2. The molecule has 1 aliphatic rings. The smallest absolute Gasteiger partial charge is 0.337 e. The fraction of sp³-hybridized carbons (Fsp3) is 0.227. The number of esters is 1. The van der Waals surface area contributed by atoms with Gasteiger partial charge in [-0.1, -0.05) is 0 Å². The van der Waals surface area contributed by atoms with Crippen molar-refractivity contribution in [3.63, 3.8) is 0 Å². The van der Waals surface area contributed by atoms with Crippen molar-refractivity contribution in [3.05, 3.63) is 54.0 Å². The summed E-state index contributed by atoms with van der Waals surface area (Å²) in [5.74, 6) is -0.0690. The van der Waals surface area contributed by atoms with Gasteiger partial charge in [0, 0.05) is 24.5 Å². The standard InChI is InChI=1S/C22H18FN3O3/c1-26(14-5-6-14)21-20(16-11-29-19-10-13(23)4-7-15(16)19)24-17-8-3-12(22(27)28-2)9-18(17)25-21/h3-4,7-11,14H,5-6H2,1-2H3. The molecule has 7 heteroatoms. The summed E-state index contributed by atoms with van der Waals surface area (Å²) in [5.41, 5.74) is 3.57. The first-order chi connectivity index (χ1) is 14.0. The molecule has 2 heterocycles. The lowest BCUT2D eigenvalue weighted by atomic mass is 10.1. The van der Waals surface area contributed by atoms with Crippen LogP contribution in [0.2, 0.25) is 0 Å². The van der Waals surface area contributed by atoms with Gasteiger partial charge in [-0.25, -0.2) is 19.2 Å². The Kier molecular flexibility index (Phi) is 3.97. The predicted octanol–water partition coefficient (Wildman–Crippen LogP) is 4.57. The van der Waals surface area contributed by atoms with Gasteiger partial charge >= 0.3 is 5.97 Å². The minimum absolute atomic E-state index is 0.353. The van der Waals surface area contributed by atoms with Gasteiger partial charge in [-0.3, -0.25) is 0 Å². The summed E-state index contributed by atoms with van der Waals surface area (Å²) in [7, 11) is 3.34. The van der Waals surface area contributed by atoms with E-state index in [1.807, 2.05) is 7.05 Å². The Hall–Kier alpha value is -3.48. The fourth-order valence-electron chi connectivity index (χ4n) is 3.54. The molecule has 6 nitrogen and oxygen atoms in total. The zero-order chi connectivity index (χ0) is 20.1. The number of nitrogens with zero attached hydrogens (tertiary/aromatic N) is 3. The first-order valence-corrected chi connectivity index (χ1v) is 9.35. The van der Waals surface area contributed by atoms with E-state index in [4.69, 9.17) is 19.1 Å². The maximum atomic E-state index is 13.6. The number of rotatable bonds is 4. The maximum Gasteiger partial charge on any atom is 0.337 e. The van der Waals surface area contributed by atoms with Crippen LogP contribution in [0.1, 0.15) is 23.2 Å². The van der Waals surface area contributed by atoms with E-state index in [0.717, 1.165) is 23.8 Å². The lowest BCUT2D eigenvalue weighted by molar-refractivity contribution is 0.0601. The third-order valence-corrected chi connectivity index (χ3v) is 5.29. The van der Waals surface area contributed by atoms with Crippen LogP contribution in [-0.2, 0) is 4.74 Å². The normalized spacial score (nSPS) is 13.8. The van der Waals surface area contributed by atoms with Crippen LogP contribution in [0.25, 0.3) is 33.3 Å². The molecule has 0 bridgehead atoms. The number of hydrogen-bond acceptors (Lipinski definition) is 6. The summed E-state index contributed by atoms with van der Waals surface area (Å²) in [6.45, 7) is 0. The van der Waals surface area contributed by atoms with Gasteiger partial charge in [0.05, 0.1) is 29.3 Å². The summed E-state index contributed by atoms with van der Waals surface area (Å²) in [6, 6.07) is 9.96. The number of hydrogen-bond donors (Lipinski definition) is 0. The van der Waals surface area contributed by atoms with Crippen molar-refractivity contribution >= 4 is 33.8 Å². The lowest BCUT2D eigenvalue weighted by Gasteiger charge is -2.20. The second kappa shape index (κ2) is 6.55. The quantitative estimate of drug-likeness (QED) is 0.475. The van der Waals surface area contributed by atoms with Crippen LogP contribution >= 0.6 is 0 Å². The molecule has 1 aliphatic carbocycles. The van der Waals surface area contributed by atoms with Crippen molar-refractivity contribution in [2.24, 2.45) is 0 Å². The molecule has 29 heavy (non-hydrogen) atoms. The van der Waals surface area contributed by atoms with Crippen LogP contribution < -0.4 is 4.90 Å². The Bertz CT molecular complexity index is 1260. The first-order valence-electron chi connectivity index (χ1n) is 9.35. The molecule has 146 valence electrons. The molecule has 0 atom stereocenters. The zero-order valence-corrected chi connectivity index (χ0v) is 16.0. The van der Waals surface area contributed by atoms with Crippen LogP contribution in [0.5, 0.6) is 0 Å². The molecule has 0 radical (unpaired) electrons. The minimum Gasteiger partial charge on any atom is -0.465 e. The van der Waals surface area contributed by atoms with E-state index in [-0.39, 0.29) is 5.82 Å². The van der Waals surface area contributed by atoms with Gasteiger partial charge in [0.2, 0.25) is 0 Å². The van der Waals surface area contributed by atoms with Crippen molar-refractivity contribution < 1.29 is 18.3 Å². The van der Waals surface area contributed by atoms with E-state index in [1.54, 1.807) is 30.5 Å². The highest BCUT2D eigenvalue weighted by Crippen LogP contribution is 2.39. The third kappa shape index (κ3) is 2.99. The molecular weight excluding hydrogens is 373 g/mol. The van der Waals surface area contributed by atoms with E-state index >= 15 is 0 Å². The van der Waals surface area contributed by atoms with Gasteiger partial charge in [-0.15, -0.1) is 0 Å². The van der Waals surface area contributed by atoms with Crippen molar-refractivity contribution in [2.75, 3.05) is 19.1 Å². The number of carbonyl (C=O) groups excluding carboxylic acids is 1. The average molecular weight is 391 g/mol. The highest BCUT2D eigenvalue weighted by atomic mass is 19.1. The van der Waals surface area contributed by atoms with E-state index in [9.17, 15) is 9.18 Å². The number of benzene rings is 2. The molecule has 0 saturated heterocycles. The molecular formula is C22H18FN3O3. The Balaban J connectivity index is 1.74. The van der Waals surface area contributed by atoms with Crippen LogP contribution in [0, 0.1) is 5.82 Å². The van der Waals surface area contributed by atoms with Gasteiger partial charge in [-0.05, 0) is 43.2 Å². The molecule has 1 saturated carbocycles. The molecule has 2 aromatic carbocycles. The van der Waals surface area contributed by atoms with Gasteiger partial charge in [0.1, 0.15) is 23.4 Å². The Morgan fingerprint density at radius 1 is 1.17 bits per heavy atom. The summed E-state index contributed by atoms with van der Waals surface area (Å²) in [6.07, 6.45) is 3.78. The van der Waals surface area contributed by atoms with Crippen molar-refractivity contribution in [3.8, 4) is 11.3 Å². The molecule has 0 aliphatic heterocycles.